The highest BCUT2D eigenvalue weighted by Crippen LogP contribution is 2.64. The second-order valence-corrected chi connectivity index (χ2v) is 5.35. The molecule has 2 atom stereocenters. The van der Waals surface area contributed by atoms with E-state index in [1.165, 1.54) is 5.56 Å². The van der Waals surface area contributed by atoms with Gasteiger partial charge in [-0.2, -0.15) is 0 Å². The van der Waals surface area contributed by atoms with Crippen molar-refractivity contribution in [2.75, 3.05) is 13.7 Å². The Morgan fingerprint density at radius 1 is 1.40 bits per heavy atom. The number of methoxy groups -OCH3 is 1. The summed E-state index contributed by atoms with van der Waals surface area (Å²) in [6.07, 6.45) is 2.39. The molecule has 1 aliphatic carbocycles. The zero-order chi connectivity index (χ0) is 14.4. The number of rotatable bonds is 4. The van der Waals surface area contributed by atoms with Gasteiger partial charge in [-0.25, -0.2) is 4.79 Å². The normalized spacial score (nSPS) is 30.1. The fourth-order valence-electron chi connectivity index (χ4n) is 3.48. The van der Waals surface area contributed by atoms with Crippen LogP contribution in [0.2, 0.25) is 0 Å². The Labute approximate surface area is 119 Å². The van der Waals surface area contributed by atoms with Crippen molar-refractivity contribution >= 4 is 5.97 Å². The summed E-state index contributed by atoms with van der Waals surface area (Å²) < 4.78 is 16.5. The van der Waals surface area contributed by atoms with Crippen molar-refractivity contribution in [3.63, 3.8) is 0 Å². The number of fused-ring (bicyclic) bond motifs is 2. The molecular formula is C16H20O4. The molecule has 4 nitrogen and oxygen atoms in total. The molecule has 0 aromatic heterocycles. The Bertz CT molecular complexity index is 553. The highest BCUT2D eigenvalue weighted by Gasteiger charge is 2.76. The fourth-order valence-corrected chi connectivity index (χ4v) is 3.48. The Morgan fingerprint density at radius 2 is 2.20 bits per heavy atom. The molecule has 4 heteroatoms. The Hall–Kier alpha value is -1.55. The lowest BCUT2D eigenvalue weighted by atomic mass is 9.85. The second-order valence-electron chi connectivity index (χ2n) is 5.35. The van der Waals surface area contributed by atoms with E-state index in [0.29, 0.717) is 13.0 Å². The van der Waals surface area contributed by atoms with Crippen LogP contribution in [-0.4, -0.2) is 25.3 Å². The molecule has 0 amide bonds. The number of aryl methyl sites for hydroxylation is 1. The largest absolute Gasteiger partial charge is 0.497 e. The highest BCUT2D eigenvalue weighted by molar-refractivity contribution is 5.86. The van der Waals surface area contributed by atoms with E-state index in [0.717, 1.165) is 24.2 Å². The van der Waals surface area contributed by atoms with Crippen molar-refractivity contribution in [3.8, 4) is 5.75 Å². The van der Waals surface area contributed by atoms with E-state index in [1.54, 1.807) is 7.11 Å². The van der Waals surface area contributed by atoms with Crippen LogP contribution in [0.3, 0.4) is 0 Å². The van der Waals surface area contributed by atoms with Gasteiger partial charge in [-0.3, -0.25) is 0 Å². The van der Waals surface area contributed by atoms with Gasteiger partial charge in [0.2, 0.25) is 0 Å². The van der Waals surface area contributed by atoms with E-state index in [-0.39, 0.29) is 5.97 Å². The number of carbonyl (C=O) groups excluding carboxylic acids is 1. The Balaban J connectivity index is 2.00. The molecule has 20 heavy (non-hydrogen) atoms. The summed E-state index contributed by atoms with van der Waals surface area (Å²) in [4.78, 5) is 12.3. The monoisotopic (exact) mass is 276 g/mol. The topological polar surface area (TPSA) is 48.1 Å². The van der Waals surface area contributed by atoms with Crippen LogP contribution in [0, 0.1) is 0 Å². The van der Waals surface area contributed by atoms with Gasteiger partial charge in [0.15, 0.2) is 5.60 Å². The number of esters is 1. The highest BCUT2D eigenvalue weighted by atomic mass is 16.7. The molecule has 3 rings (SSSR count). The summed E-state index contributed by atoms with van der Waals surface area (Å²) in [6.45, 7) is 4.18. The van der Waals surface area contributed by atoms with Crippen LogP contribution in [0.25, 0.3) is 0 Å². The summed E-state index contributed by atoms with van der Waals surface area (Å²) >= 11 is 0. The number of hydrogen-bond donors (Lipinski definition) is 0. The van der Waals surface area contributed by atoms with Crippen LogP contribution in [0.1, 0.15) is 37.8 Å². The van der Waals surface area contributed by atoms with Crippen molar-refractivity contribution in [3.05, 3.63) is 29.3 Å². The minimum atomic E-state index is -0.805. The summed E-state index contributed by atoms with van der Waals surface area (Å²) in [7, 11) is 1.65. The SMILES string of the molecule is CCOC(=O)C1(CC)OC12CCc1ccc(OC)cc12. The second kappa shape index (κ2) is 4.48. The quantitative estimate of drug-likeness (QED) is 0.626. The molecule has 1 fully saturated rings. The van der Waals surface area contributed by atoms with E-state index >= 15 is 0 Å². The van der Waals surface area contributed by atoms with Gasteiger partial charge in [-0.1, -0.05) is 13.0 Å². The number of benzene rings is 1. The van der Waals surface area contributed by atoms with Crippen LogP contribution in [0.4, 0.5) is 0 Å². The lowest BCUT2D eigenvalue weighted by molar-refractivity contribution is -0.149. The maximum absolute atomic E-state index is 12.3. The van der Waals surface area contributed by atoms with Gasteiger partial charge in [0.1, 0.15) is 11.4 Å². The number of ether oxygens (including phenoxy) is 3. The fraction of sp³-hybridized carbons (Fsp3) is 0.562. The van der Waals surface area contributed by atoms with E-state index < -0.39 is 11.2 Å². The van der Waals surface area contributed by atoms with Crippen LogP contribution in [-0.2, 0) is 26.3 Å². The molecular weight excluding hydrogens is 256 g/mol. The molecule has 1 aromatic rings. The van der Waals surface area contributed by atoms with E-state index in [1.807, 2.05) is 26.0 Å². The van der Waals surface area contributed by atoms with Crippen molar-refractivity contribution in [1.82, 2.24) is 0 Å². The van der Waals surface area contributed by atoms with E-state index in [4.69, 9.17) is 14.2 Å². The first-order valence-electron chi connectivity index (χ1n) is 7.18. The van der Waals surface area contributed by atoms with Gasteiger partial charge in [-0.05, 0) is 49.4 Å². The lowest BCUT2D eigenvalue weighted by Gasteiger charge is -2.15. The zero-order valence-electron chi connectivity index (χ0n) is 12.2. The molecule has 108 valence electrons. The predicted octanol–water partition coefficient (Wildman–Crippen LogP) is 2.58. The van der Waals surface area contributed by atoms with Crippen molar-refractivity contribution in [2.45, 2.75) is 44.3 Å². The molecule has 1 aromatic carbocycles. The first-order chi connectivity index (χ1) is 9.63. The summed E-state index contributed by atoms with van der Waals surface area (Å²) in [6, 6.07) is 6.02. The van der Waals surface area contributed by atoms with E-state index in [9.17, 15) is 4.79 Å². The number of carbonyl (C=O) groups is 1. The van der Waals surface area contributed by atoms with Gasteiger partial charge < -0.3 is 14.2 Å². The molecule has 1 spiro atoms. The van der Waals surface area contributed by atoms with Crippen molar-refractivity contribution < 1.29 is 19.0 Å². The maximum atomic E-state index is 12.3. The summed E-state index contributed by atoms with van der Waals surface area (Å²) in [5.74, 6) is 0.563. The lowest BCUT2D eigenvalue weighted by Crippen LogP contribution is -2.33. The molecule has 1 heterocycles. The molecule has 0 N–H and O–H groups in total. The molecule has 0 saturated carbocycles. The maximum Gasteiger partial charge on any atom is 0.341 e. The Kier molecular flexibility index (Phi) is 3.01. The molecule has 0 radical (unpaired) electrons. The molecule has 2 unspecified atom stereocenters. The molecule has 1 saturated heterocycles. The third-order valence-corrected chi connectivity index (χ3v) is 4.56. The van der Waals surface area contributed by atoms with E-state index in [2.05, 4.69) is 6.07 Å². The first kappa shape index (κ1) is 13.4. The zero-order valence-corrected chi connectivity index (χ0v) is 12.2. The first-order valence-corrected chi connectivity index (χ1v) is 7.18. The van der Waals surface area contributed by atoms with Gasteiger partial charge in [0.25, 0.3) is 0 Å². The predicted molar refractivity (Wildman–Crippen MR) is 73.7 cm³/mol. The number of hydrogen-bond acceptors (Lipinski definition) is 4. The molecule has 0 bridgehead atoms. The average Bonchev–Trinajstić information content (AvgIpc) is 3.02. The third kappa shape index (κ3) is 1.54. The van der Waals surface area contributed by atoms with Gasteiger partial charge in [-0.15, -0.1) is 0 Å². The summed E-state index contributed by atoms with van der Waals surface area (Å²) in [5.41, 5.74) is 1.02. The van der Waals surface area contributed by atoms with Gasteiger partial charge in [0, 0.05) is 0 Å². The molecule has 1 aliphatic heterocycles. The summed E-state index contributed by atoms with van der Waals surface area (Å²) in [5, 5.41) is 0. The van der Waals surface area contributed by atoms with Crippen LogP contribution >= 0.6 is 0 Å². The van der Waals surface area contributed by atoms with Crippen LogP contribution < -0.4 is 4.74 Å². The Morgan fingerprint density at radius 3 is 2.85 bits per heavy atom. The molecule has 2 aliphatic rings. The smallest absolute Gasteiger partial charge is 0.341 e. The third-order valence-electron chi connectivity index (χ3n) is 4.56. The van der Waals surface area contributed by atoms with Gasteiger partial charge in [0.05, 0.1) is 13.7 Å². The van der Waals surface area contributed by atoms with Crippen molar-refractivity contribution in [1.29, 1.82) is 0 Å². The standard InChI is InChI=1S/C16H20O4/c1-4-15(14(17)19-5-2)16(20-15)9-8-11-6-7-12(18-3)10-13(11)16/h6-7,10H,4-5,8-9H2,1-3H3. The van der Waals surface area contributed by atoms with Crippen LogP contribution in [0.15, 0.2) is 18.2 Å². The minimum Gasteiger partial charge on any atom is -0.497 e. The van der Waals surface area contributed by atoms with Crippen LogP contribution in [0.5, 0.6) is 5.75 Å². The van der Waals surface area contributed by atoms with Crippen molar-refractivity contribution in [2.24, 2.45) is 0 Å². The minimum absolute atomic E-state index is 0.238. The van der Waals surface area contributed by atoms with Gasteiger partial charge >= 0.3 is 5.97 Å². The average molecular weight is 276 g/mol. The number of epoxide rings is 1.